The topological polar surface area (TPSA) is 77.2 Å². The first kappa shape index (κ1) is 16.7. The lowest BCUT2D eigenvalue weighted by atomic mass is 10.1. The van der Waals surface area contributed by atoms with Crippen LogP contribution in [0.25, 0.3) is 0 Å². The highest BCUT2D eigenvalue weighted by Gasteiger charge is 2.11. The van der Waals surface area contributed by atoms with Crippen molar-refractivity contribution in [2.24, 2.45) is 0 Å². The van der Waals surface area contributed by atoms with E-state index in [0.717, 1.165) is 16.9 Å². The maximum absolute atomic E-state index is 12.2. The van der Waals surface area contributed by atoms with Crippen molar-refractivity contribution in [2.45, 2.75) is 27.0 Å². The number of ether oxygens (including phenoxy) is 1. The monoisotopic (exact) mass is 337 g/mol. The molecule has 2 aromatic carbocycles. The molecule has 0 spiro atoms. The van der Waals surface area contributed by atoms with Crippen LogP contribution in [0.3, 0.4) is 0 Å². The van der Waals surface area contributed by atoms with E-state index in [4.69, 9.17) is 9.26 Å². The molecule has 0 fully saturated rings. The van der Waals surface area contributed by atoms with Crippen LogP contribution < -0.4 is 10.1 Å². The van der Waals surface area contributed by atoms with Crippen LogP contribution in [-0.4, -0.2) is 16.0 Å². The zero-order chi connectivity index (χ0) is 17.6. The summed E-state index contributed by atoms with van der Waals surface area (Å²) in [5.41, 5.74) is 2.69. The average molecular weight is 337 g/mol. The van der Waals surface area contributed by atoms with Crippen molar-refractivity contribution in [3.63, 3.8) is 0 Å². The fraction of sp³-hybridized carbons (Fsp3) is 0.211. The molecule has 3 rings (SSSR count). The zero-order valence-corrected chi connectivity index (χ0v) is 14.2. The van der Waals surface area contributed by atoms with Gasteiger partial charge in [-0.1, -0.05) is 41.1 Å². The number of nitrogens with zero attached hydrogens (tertiary/aromatic N) is 2. The number of aryl methyl sites for hydroxylation is 2. The number of para-hydroxylation sites is 1. The van der Waals surface area contributed by atoms with Crippen molar-refractivity contribution in [1.82, 2.24) is 15.5 Å². The van der Waals surface area contributed by atoms with Gasteiger partial charge in [-0.05, 0) is 37.6 Å². The number of hydrogen-bond donors (Lipinski definition) is 1. The molecule has 0 unspecified atom stereocenters. The van der Waals surface area contributed by atoms with Crippen molar-refractivity contribution in [3.05, 3.63) is 76.9 Å². The van der Waals surface area contributed by atoms with E-state index in [-0.39, 0.29) is 19.1 Å². The predicted molar refractivity (Wildman–Crippen MR) is 92.2 cm³/mol. The first-order valence-electron chi connectivity index (χ1n) is 7.96. The number of carbonyl (C=O) groups excluding carboxylic acids is 1. The van der Waals surface area contributed by atoms with Crippen LogP contribution in [0.5, 0.6) is 5.75 Å². The number of nitrogens with one attached hydrogen (secondary N) is 1. The van der Waals surface area contributed by atoms with E-state index in [1.165, 1.54) is 0 Å². The summed E-state index contributed by atoms with van der Waals surface area (Å²) in [6, 6.07) is 15.1. The molecule has 0 aliphatic carbocycles. The van der Waals surface area contributed by atoms with Gasteiger partial charge in [-0.15, -0.1) is 0 Å². The largest absolute Gasteiger partial charge is 0.484 e. The van der Waals surface area contributed by atoms with Crippen LogP contribution in [-0.2, 0) is 13.2 Å². The highest BCUT2D eigenvalue weighted by Crippen LogP contribution is 2.12. The van der Waals surface area contributed by atoms with Gasteiger partial charge in [-0.2, -0.15) is 4.98 Å². The van der Waals surface area contributed by atoms with Gasteiger partial charge in [0.1, 0.15) is 5.75 Å². The fourth-order valence-electron chi connectivity index (χ4n) is 2.41. The molecular weight excluding hydrogens is 318 g/mol. The van der Waals surface area contributed by atoms with E-state index in [0.29, 0.717) is 17.3 Å². The summed E-state index contributed by atoms with van der Waals surface area (Å²) < 4.78 is 10.7. The lowest BCUT2D eigenvalue weighted by Crippen LogP contribution is -2.24. The number of aromatic nitrogens is 2. The van der Waals surface area contributed by atoms with Crippen molar-refractivity contribution in [2.75, 3.05) is 0 Å². The van der Waals surface area contributed by atoms with E-state index in [1.807, 2.05) is 62.4 Å². The molecule has 0 radical (unpaired) electrons. The fourth-order valence-corrected chi connectivity index (χ4v) is 2.41. The van der Waals surface area contributed by atoms with Gasteiger partial charge in [0, 0.05) is 5.56 Å². The molecule has 0 aliphatic rings. The Labute approximate surface area is 145 Å². The van der Waals surface area contributed by atoms with Crippen molar-refractivity contribution in [3.8, 4) is 5.75 Å². The third kappa shape index (κ3) is 4.44. The summed E-state index contributed by atoms with van der Waals surface area (Å²) in [6.45, 7) is 4.28. The standard InChI is InChI=1S/C19H19N3O3/c1-13-8-9-16(14(2)10-13)19(23)20-11-17-21-18(25-22-17)12-24-15-6-4-3-5-7-15/h3-10H,11-12H2,1-2H3,(H,20,23). The predicted octanol–water partition coefficient (Wildman–Crippen LogP) is 3.20. The molecule has 6 heteroatoms. The molecule has 0 aliphatic heterocycles. The van der Waals surface area contributed by atoms with Crippen LogP contribution in [0.15, 0.2) is 53.1 Å². The molecule has 6 nitrogen and oxygen atoms in total. The van der Waals surface area contributed by atoms with Gasteiger partial charge in [0.2, 0.25) is 0 Å². The molecule has 128 valence electrons. The SMILES string of the molecule is Cc1ccc(C(=O)NCc2noc(COc3ccccc3)n2)c(C)c1. The number of carbonyl (C=O) groups is 1. The van der Waals surface area contributed by atoms with Crippen molar-refractivity contribution in [1.29, 1.82) is 0 Å². The van der Waals surface area contributed by atoms with E-state index in [9.17, 15) is 4.79 Å². The van der Waals surface area contributed by atoms with Gasteiger partial charge in [0.05, 0.1) is 6.54 Å². The smallest absolute Gasteiger partial charge is 0.264 e. The summed E-state index contributed by atoms with van der Waals surface area (Å²) in [7, 11) is 0. The minimum absolute atomic E-state index is 0.163. The van der Waals surface area contributed by atoms with Gasteiger partial charge in [0.25, 0.3) is 11.8 Å². The minimum Gasteiger partial charge on any atom is -0.484 e. The quantitative estimate of drug-likeness (QED) is 0.747. The van der Waals surface area contributed by atoms with E-state index >= 15 is 0 Å². The number of benzene rings is 2. The van der Waals surface area contributed by atoms with Gasteiger partial charge < -0.3 is 14.6 Å². The Morgan fingerprint density at radius 1 is 1.16 bits per heavy atom. The second kappa shape index (κ2) is 7.61. The van der Waals surface area contributed by atoms with Crippen LogP contribution in [0.4, 0.5) is 0 Å². The number of amides is 1. The molecule has 1 amide bonds. The molecule has 0 atom stereocenters. The van der Waals surface area contributed by atoms with Crippen LogP contribution in [0.2, 0.25) is 0 Å². The van der Waals surface area contributed by atoms with Crippen molar-refractivity contribution >= 4 is 5.91 Å². The third-order valence-corrected chi connectivity index (χ3v) is 3.65. The lowest BCUT2D eigenvalue weighted by molar-refractivity contribution is 0.0949. The Morgan fingerprint density at radius 2 is 1.96 bits per heavy atom. The Balaban J connectivity index is 1.53. The Morgan fingerprint density at radius 3 is 2.72 bits per heavy atom. The third-order valence-electron chi connectivity index (χ3n) is 3.65. The van der Waals surface area contributed by atoms with Gasteiger partial charge in [-0.3, -0.25) is 4.79 Å². The second-order valence-corrected chi connectivity index (χ2v) is 5.71. The normalized spacial score (nSPS) is 10.5. The van der Waals surface area contributed by atoms with Crippen LogP contribution >= 0.6 is 0 Å². The summed E-state index contributed by atoms with van der Waals surface area (Å²) in [5.74, 6) is 1.33. The Bertz CT molecular complexity index is 859. The van der Waals surface area contributed by atoms with Crippen molar-refractivity contribution < 1.29 is 14.1 Å². The molecule has 1 N–H and O–H groups in total. The van der Waals surface area contributed by atoms with Gasteiger partial charge in [0.15, 0.2) is 12.4 Å². The Hall–Kier alpha value is -3.15. The highest BCUT2D eigenvalue weighted by atomic mass is 16.5. The maximum atomic E-state index is 12.2. The molecule has 0 saturated heterocycles. The zero-order valence-electron chi connectivity index (χ0n) is 14.2. The maximum Gasteiger partial charge on any atom is 0.264 e. The van der Waals surface area contributed by atoms with Crippen LogP contribution in [0, 0.1) is 13.8 Å². The molecule has 0 bridgehead atoms. The first-order valence-corrected chi connectivity index (χ1v) is 7.96. The summed E-state index contributed by atoms with van der Waals surface area (Å²) >= 11 is 0. The summed E-state index contributed by atoms with van der Waals surface area (Å²) in [5, 5.41) is 6.65. The molecule has 1 heterocycles. The summed E-state index contributed by atoms with van der Waals surface area (Å²) in [6.07, 6.45) is 0. The molecule has 3 aromatic rings. The molecule has 1 aromatic heterocycles. The Kier molecular flexibility index (Phi) is 5.09. The van der Waals surface area contributed by atoms with Crippen LogP contribution in [0.1, 0.15) is 33.2 Å². The first-order chi connectivity index (χ1) is 12.1. The average Bonchev–Trinajstić information content (AvgIpc) is 3.07. The van der Waals surface area contributed by atoms with E-state index in [2.05, 4.69) is 15.5 Å². The molecular formula is C19H19N3O3. The number of hydrogen-bond acceptors (Lipinski definition) is 5. The second-order valence-electron chi connectivity index (χ2n) is 5.71. The van der Waals surface area contributed by atoms with E-state index < -0.39 is 0 Å². The summed E-state index contributed by atoms with van der Waals surface area (Å²) in [4.78, 5) is 16.5. The van der Waals surface area contributed by atoms with Gasteiger partial charge >= 0.3 is 0 Å². The highest BCUT2D eigenvalue weighted by molar-refractivity contribution is 5.95. The molecule has 25 heavy (non-hydrogen) atoms. The minimum atomic E-state index is -0.163. The van der Waals surface area contributed by atoms with E-state index in [1.54, 1.807) is 0 Å². The number of rotatable bonds is 6. The van der Waals surface area contributed by atoms with Gasteiger partial charge in [-0.25, -0.2) is 0 Å². The lowest BCUT2D eigenvalue weighted by Gasteiger charge is -2.06. The molecule has 0 saturated carbocycles.